The molecule has 0 aromatic heterocycles. The van der Waals surface area contributed by atoms with Crippen LogP contribution < -0.4 is 0 Å². The highest BCUT2D eigenvalue weighted by Gasteiger charge is 2.36. The van der Waals surface area contributed by atoms with Gasteiger partial charge in [-0.3, -0.25) is 9.69 Å². The number of Topliss-reactive ketones (excluding diaryl/α,β-unsaturated/α-hetero) is 1. The van der Waals surface area contributed by atoms with Crippen LogP contribution in [0.1, 0.15) is 32.1 Å². The Morgan fingerprint density at radius 2 is 2.06 bits per heavy atom. The Labute approximate surface area is 102 Å². The van der Waals surface area contributed by atoms with Gasteiger partial charge >= 0.3 is 0 Å². The minimum Gasteiger partial charge on any atom is -0.300 e. The van der Waals surface area contributed by atoms with Gasteiger partial charge in [0.15, 0.2) is 0 Å². The minimum atomic E-state index is 0.490. The van der Waals surface area contributed by atoms with Gasteiger partial charge < -0.3 is 0 Å². The summed E-state index contributed by atoms with van der Waals surface area (Å²) < 4.78 is 0. The molecule has 0 aromatic carbocycles. The van der Waals surface area contributed by atoms with E-state index in [-0.39, 0.29) is 0 Å². The van der Waals surface area contributed by atoms with Crippen LogP contribution in [0.25, 0.3) is 0 Å². The van der Waals surface area contributed by atoms with E-state index in [1.807, 2.05) is 17.8 Å². The van der Waals surface area contributed by atoms with Crippen molar-refractivity contribution < 1.29 is 4.79 Å². The normalized spacial score (nSPS) is 30.4. The van der Waals surface area contributed by atoms with E-state index >= 15 is 0 Å². The van der Waals surface area contributed by atoms with Gasteiger partial charge in [0.25, 0.3) is 0 Å². The third-order valence-electron chi connectivity index (χ3n) is 3.67. The van der Waals surface area contributed by atoms with Crippen LogP contribution >= 0.6 is 11.8 Å². The molecule has 16 heavy (non-hydrogen) atoms. The first-order chi connectivity index (χ1) is 7.81. The largest absolute Gasteiger partial charge is 0.300 e. The molecule has 2 unspecified atom stereocenters. The maximum absolute atomic E-state index is 11.6. The van der Waals surface area contributed by atoms with E-state index < -0.39 is 0 Å². The fourth-order valence-corrected chi connectivity index (χ4v) is 3.64. The first-order valence-corrected chi connectivity index (χ1v) is 7.43. The van der Waals surface area contributed by atoms with Gasteiger partial charge in [-0.05, 0) is 12.8 Å². The summed E-state index contributed by atoms with van der Waals surface area (Å²) in [5.41, 5.74) is 0. The number of ketones is 1. The smallest absolute Gasteiger partial charge is 0.136 e. The molecule has 2 aliphatic rings. The summed E-state index contributed by atoms with van der Waals surface area (Å²) in [6.45, 7) is 4.89. The minimum absolute atomic E-state index is 0.490. The molecule has 2 aliphatic heterocycles. The Kier molecular flexibility index (Phi) is 4.47. The fraction of sp³-hybridized carbons (Fsp3) is 0.769. The molecule has 0 N–H and O–H groups in total. The summed E-state index contributed by atoms with van der Waals surface area (Å²) in [4.78, 5) is 14.2. The first kappa shape index (κ1) is 12.2. The molecule has 2 nitrogen and oxygen atoms in total. The predicted octanol–water partition coefficient (Wildman–Crippen LogP) is 2.49. The quantitative estimate of drug-likeness (QED) is 0.543. The summed E-state index contributed by atoms with van der Waals surface area (Å²) in [7, 11) is 0. The fourth-order valence-electron chi connectivity index (χ4n) is 2.97. The van der Waals surface area contributed by atoms with E-state index in [9.17, 15) is 4.79 Å². The van der Waals surface area contributed by atoms with Gasteiger partial charge in [0.05, 0.1) is 0 Å². The second kappa shape index (κ2) is 5.87. The molecular formula is C13H21NOS. The van der Waals surface area contributed by atoms with Crippen molar-refractivity contribution in [1.29, 1.82) is 0 Å². The lowest BCUT2D eigenvalue weighted by molar-refractivity contribution is -0.126. The Bertz CT molecular complexity index is 251. The van der Waals surface area contributed by atoms with Crippen LogP contribution in [-0.2, 0) is 4.79 Å². The van der Waals surface area contributed by atoms with Gasteiger partial charge in [-0.1, -0.05) is 12.5 Å². The number of thioether (sulfide) groups is 1. The molecule has 0 aliphatic carbocycles. The number of nitrogens with zero attached hydrogens (tertiary/aromatic N) is 1. The van der Waals surface area contributed by atoms with Crippen LogP contribution in [0.3, 0.4) is 0 Å². The summed E-state index contributed by atoms with van der Waals surface area (Å²) in [5.74, 6) is 2.71. The lowest BCUT2D eigenvalue weighted by atomic mass is 9.84. The van der Waals surface area contributed by atoms with Gasteiger partial charge in [-0.2, -0.15) is 11.8 Å². The van der Waals surface area contributed by atoms with Gasteiger partial charge in [-0.15, -0.1) is 6.58 Å². The summed E-state index contributed by atoms with van der Waals surface area (Å²) in [6.07, 6.45) is 7.36. The van der Waals surface area contributed by atoms with E-state index in [2.05, 4.69) is 11.5 Å². The second-order valence-corrected chi connectivity index (χ2v) is 5.94. The molecule has 2 atom stereocenters. The van der Waals surface area contributed by atoms with Crippen molar-refractivity contribution in [2.45, 2.75) is 44.2 Å². The van der Waals surface area contributed by atoms with Crippen molar-refractivity contribution in [3.63, 3.8) is 0 Å². The van der Waals surface area contributed by atoms with E-state index in [4.69, 9.17) is 0 Å². The van der Waals surface area contributed by atoms with Crippen LogP contribution in [0.4, 0.5) is 0 Å². The van der Waals surface area contributed by atoms with Gasteiger partial charge in [0.2, 0.25) is 0 Å². The van der Waals surface area contributed by atoms with Crippen LogP contribution in [0.15, 0.2) is 12.7 Å². The molecule has 3 heteroatoms. The molecule has 2 rings (SSSR count). The molecule has 2 bridgehead atoms. The standard InChI is InChI=1S/C13H21NOS/c1-2-7-16-8-6-14-11-4-3-5-12(14)10-13(15)9-11/h2,11-12H,1,3-10H2. The Morgan fingerprint density at radius 1 is 1.38 bits per heavy atom. The molecule has 90 valence electrons. The lowest BCUT2D eigenvalue weighted by Gasteiger charge is -2.45. The third-order valence-corrected chi connectivity index (χ3v) is 4.61. The number of fused-ring (bicyclic) bond motifs is 2. The van der Waals surface area contributed by atoms with E-state index in [1.54, 1.807) is 0 Å². The zero-order chi connectivity index (χ0) is 11.4. The van der Waals surface area contributed by atoms with Crippen LogP contribution in [0.5, 0.6) is 0 Å². The molecule has 0 radical (unpaired) electrons. The van der Waals surface area contributed by atoms with Crippen molar-refractivity contribution >= 4 is 17.5 Å². The Morgan fingerprint density at radius 3 is 2.69 bits per heavy atom. The molecule has 2 heterocycles. The van der Waals surface area contributed by atoms with E-state index in [1.165, 1.54) is 25.0 Å². The van der Waals surface area contributed by atoms with Crippen molar-refractivity contribution in [3.05, 3.63) is 12.7 Å². The zero-order valence-corrected chi connectivity index (χ0v) is 10.7. The molecule has 2 fully saturated rings. The lowest BCUT2D eigenvalue weighted by Crippen LogP contribution is -2.52. The third kappa shape index (κ3) is 2.89. The average molecular weight is 239 g/mol. The second-order valence-electron chi connectivity index (χ2n) is 4.79. The number of carbonyl (C=O) groups excluding carboxylic acids is 1. The van der Waals surface area contributed by atoms with E-state index in [0.717, 1.165) is 25.1 Å². The number of carbonyl (C=O) groups is 1. The average Bonchev–Trinajstić information content (AvgIpc) is 2.25. The van der Waals surface area contributed by atoms with Crippen LogP contribution in [0, 0.1) is 0 Å². The highest BCUT2D eigenvalue weighted by atomic mass is 32.2. The maximum Gasteiger partial charge on any atom is 0.136 e. The highest BCUT2D eigenvalue weighted by molar-refractivity contribution is 7.99. The van der Waals surface area contributed by atoms with E-state index in [0.29, 0.717) is 17.9 Å². The maximum atomic E-state index is 11.6. The molecule has 0 spiro atoms. The van der Waals surface area contributed by atoms with Gasteiger partial charge in [0, 0.05) is 43.0 Å². The van der Waals surface area contributed by atoms with Crippen molar-refractivity contribution in [2.24, 2.45) is 0 Å². The molecule has 0 saturated carbocycles. The van der Waals surface area contributed by atoms with Crippen molar-refractivity contribution in [3.8, 4) is 0 Å². The van der Waals surface area contributed by atoms with Crippen molar-refractivity contribution in [1.82, 2.24) is 4.90 Å². The predicted molar refractivity (Wildman–Crippen MR) is 69.9 cm³/mol. The van der Waals surface area contributed by atoms with Gasteiger partial charge in [0.1, 0.15) is 5.78 Å². The number of hydrogen-bond acceptors (Lipinski definition) is 3. The molecule has 0 amide bonds. The number of hydrogen-bond donors (Lipinski definition) is 0. The first-order valence-electron chi connectivity index (χ1n) is 6.27. The summed E-state index contributed by atoms with van der Waals surface area (Å²) >= 11 is 1.94. The van der Waals surface area contributed by atoms with Gasteiger partial charge in [-0.25, -0.2) is 0 Å². The molecule has 2 saturated heterocycles. The Hall–Kier alpha value is -0.280. The SMILES string of the molecule is C=CCSCCN1C2CCCC1CC(=O)C2. The van der Waals surface area contributed by atoms with Crippen LogP contribution in [-0.4, -0.2) is 40.8 Å². The highest BCUT2D eigenvalue weighted by Crippen LogP contribution is 2.32. The monoisotopic (exact) mass is 239 g/mol. The Balaban J connectivity index is 1.83. The molecular weight excluding hydrogens is 218 g/mol. The van der Waals surface area contributed by atoms with Crippen molar-refractivity contribution in [2.75, 3.05) is 18.1 Å². The topological polar surface area (TPSA) is 20.3 Å². The zero-order valence-electron chi connectivity index (χ0n) is 9.86. The van der Waals surface area contributed by atoms with Crippen LogP contribution in [0.2, 0.25) is 0 Å². The summed E-state index contributed by atoms with van der Waals surface area (Å²) in [5, 5.41) is 0. The summed E-state index contributed by atoms with van der Waals surface area (Å²) in [6, 6.07) is 1.12. The number of piperidine rings is 2. The number of rotatable bonds is 5. The molecule has 0 aromatic rings.